The average Bonchev–Trinajstić information content (AvgIpc) is 3.26. The van der Waals surface area contributed by atoms with Gasteiger partial charge in [-0.1, -0.05) is 24.3 Å². The highest BCUT2D eigenvalue weighted by molar-refractivity contribution is 7.21. The van der Waals surface area contributed by atoms with Crippen molar-refractivity contribution in [2.75, 3.05) is 7.11 Å². The van der Waals surface area contributed by atoms with Gasteiger partial charge in [-0.05, 0) is 18.2 Å². The van der Waals surface area contributed by atoms with Crippen molar-refractivity contribution in [3.63, 3.8) is 0 Å². The molecule has 0 bridgehead atoms. The first-order valence-electron chi connectivity index (χ1n) is 8.85. The molecule has 2 aromatic heterocycles. The molecule has 0 aliphatic carbocycles. The largest absolute Gasteiger partial charge is 0.380 e. The van der Waals surface area contributed by atoms with Gasteiger partial charge in [-0.2, -0.15) is 0 Å². The number of halogens is 1. The lowest BCUT2D eigenvalue weighted by Gasteiger charge is -2.08. The normalized spacial score (nSPS) is 11.1. The topological polar surface area (TPSA) is 72.4 Å². The molecular weight excluding hydrogens is 393 g/mol. The van der Waals surface area contributed by atoms with Gasteiger partial charge in [-0.25, -0.2) is 4.39 Å². The second kappa shape index (κ2) is 7.65. The van der Waals surface area contributed by atoms with E-state index in [1.54, 1.807) is 18.3 Å². The van der Waals surface area contributed by atoms with Crippen molar-refractivity contribution in [3.8, 4) is 0 Å². The molecule has 6 nitrogen and oxygen atoms in total. The molecule has 0 fully saturated rings. The molecular formula is C21H18FN3O3S. The van der Waals surface area contributed by atoms with Gasteiger partial charge < -0.3 is 9.30 Å². The summed E-state index contributed by atoms with van der Waals surface area (Å²) in [5.41, 5.74) is 6.70. The van der Waals surface area contributed by atoms with Crippen LogP contribution in [0.5, 0.6) is 0 Å². The number of aromatic nitrogens is 1. The summed E-state index contributed by atoms with van der Waals surface area (Å²) in [6, 6.07) is 12.2. The number of hydrogen-bond donors (Lipinski definition) is 2. The lowest BCUT2D eigenvalue weighted by molar-refractivity contribution is 0.0847. The van der Waals surface area contributed by atoms with Gasteiger partial charge >= 0.3 is 0 Å². The molecule has 0 aliphatic rings. The maximum Gasteiger partial charge on any atom is 0.280 e. The highest BCUT2D eigenvalue weighted by Gasteiger charge is 2.22. The minimum atomic E-state index is -0.522. The number of thiophene rings is 1. The molecule has 0 aliphatic heterocycles. The Bertz CT molecular complexity index is 1240. The Labute approximate surface area is 169 Å². The molecule has 2 heterocycles. The standard InChI is InChI=1S/C21H18FN3O3S/c1-25-10-13(12-6-3-4-8-16(12)25)20(26)23-24-21(27)19-14(11-28-2)18-15(22)7-5-9-17(18)29-19/h3-10H,11H2,1-2H3,(H,23,26)(H,24,27). The van der Waals surface area contributed by atoms with Crippen molar-refractivity contribution in [2.24, 2.45) is 7.05 Å². The molecule has 29 heavy (non-hydrogen) atoms. The fourth-order valence-electron chi connectivity index (χ4n) is 3.39. The van der Waals surface area contributed by atoms with Crippen LogP contribution < -0.4 is 10.9 Å². The second-order valence-electron chi connectivity index (χ2n) is 6.53. The first kappa shape index (κ1) is 19.1. The van der Waals surface area contributed by atoms with Crippen LogP contribution in [-0.4, -0.2) is 23.5 Å². The average molecular weight is 411 g/mol. The van der Waals surface area contributed by atoms with E-state index in [0.29, 0.717) is 26.1 Å². The second-order valence-corrected chi connectivity index (χ2v) is 7.59. The molecule has 0 unspecified atom stereocenters. The zero-order valence-electron chi connectivity index (χ0n) is 15.8. The maximum atomic E-state index is 14.3. The van der Waals surface area contributed by atoms with E-state index in [1.807, 2.05) is 35.9 Å². The highest BCUT2D eigenvalue weighted by Crippen LogP contribution is 2.33. The number of carbonyl (C=O) groups is 2. The Kier molecular flexibility index (Phi) is 5.04. The maximum absolute atomic E-state index is 14.3. The van der Waals surface area contributed by atoms with Crippen LogP contribution in [0.1, 0.15) is 25.6 Å². The van der Waals surface area contributed by atoms with Gasteiger partial charge in [-0.3, -0.25) is 20.4 Å². The molecule has 148 valence electrons. The monoisotopic (exact) mass is 411 g/mol. The molecule has 2 aromatic carbocycles. The first-order valence-corrected chi connectivity index (χ1v) is 9.66. The molecule has 4 rings (SSSR count). The van der Waals surface area contributed by atoms with Crippen LogP contribution >= 0.6 is 11.3 Å². The van der Waals surface area contributed by atoms with Gasteiger partial charge in [0.2, 0.25) is 0 Å². The number of hydrogen-bond acceptors (Lipinski definition) is 4. The number of rotatable bonds is 4. The van der Waals surface area contributed by atoms with Crippen LogP contribution in [0.4, 0.5) is 4.39 Å². The number of ether oxygens (including phenoxy) is 1. The number of nitrogens with one attached hydrogen (secondary N) is 2. The van der Waals surface area contributed by atoms with Crippen molar-refractivity contribution in [2.45, 2.75) is 6.61 Å². The van der Waals surface area contributed by atoms with E-state index >= 15 is 0 Å². The summed E-state index contributed by atoms with van der Waals surface area (Å²) >= 11 is 1.15. The zero-order valence-corrected chi connectivity index (χ0v) is 16.6. The van der Waals surface area contributed by atoms with Crippen LogP contribution in [0.25, 0.3) is 21.0 Å². The Morgan fingerprint density at radius 2 is 1.86 bits per heavy atom. The molecule has 0 saturated carbocycles. The van der Waals surface area contributed by atoms with E-state index < -0.39 is 17.6 Å². The third-order valence-electron chi connectivity index (χ3n) is 4.69. The Morgan fingerprint density at radius 3 is 2.66 bits per heavy atom. The number of para-hydroxylation sites is 1. The lowest BCUT2D eigenvalue weighted by Crippen LogP contribution is -2.41. The Balaban J connectivity index is 1.59. The number of hydrazine groups is 1. The SMILES string of the molecule is COCc1c(C(=O)NNC(=O)c2cn(C)c3ccccc23)sc2cccc(F)c12. The summed E-state index contributed by atoms with van der Waals surface area (Å²) in [6.07, 6.45) is 1.71. The summed E-state index contributed by atoms with van der Waals surface area (Å²) < 4.78 is 21.9. The van der Waals surface area contributed by atoms with Crippen molar-refractivity contribution >= 4 is 44.1 Å². The van der Waals surface area contributed by atoms with Crippen molar-refractivity contribution in [1.29, 1.82) is 0 Å². The first-order chi connectivity index (χ1) is 14.0. The molecule has 2 amide bonds. The molecule has 4 aromatic rings. The van der Waals surface area contributed by atoms with Gasteiger partial charge in [0.15, 0.2) is 0 Å². The number of aryl methyl sites for hydroxylation is 1. The summed E-state index contributed by atoms with van der Waals surface area (Å²) in [6.45, 7) is 0.0843. The Hall–Kier alpha value is -3.23. The minimum absolute atomic E-state index is 0.0843. The smallest absolute Gasteiger partial charge is 0.280 e. The van der Waals surface area contributed by atoms with Gasteiger partial charge in [0, 0.05) is 46.9 Å². The predicted molar refractivity (Wildman–Crippen MR) is 110 cm³/mol. The highest BCUT2D eigenvalue weighted by atomic mass is 32.1. The van der Waals surface area contributed by atoms with Crippen molar-refractivity contribution in [3.05, 3.63) is 70.5 Å². The summed E-state index contributed by atoms with van der Waals surface area (Å²) in [5.74, 6) is -1.37. The van der Waals surface area contributed by atoms with Crippen LogP contribution in [0, 0.1) is 5.82 Å². The van der Waals surface area contributed by atoms with E-state index in [4.69, 9.17) is 4.74 Å². The fourth-order valence-corrected chi connectivity index (χ4v) is 4.51. The number of nitrogens with zero attached hydrogens (tertiary/aromatic N) is 1. The number of benzene rings is 2. The lowest BCUT2D eigenvalue weighted by atomic mass is 10.1. The molecule has 8 heteroatoms. The molecule has 0 spiro atoms. The quantitative estimate of drug-likeness (QED) is 0.503. The van der Waals surface area contributed by atoms with Gasteiger partial charge in [0.25, 0.3) is 11.8 Å². The van der Waals surface area contributed by atoms with E-state index in [1.165, 1.54) is 13.2 Å². The Morgan fingerprint density at radius 1 is 1.10 bits per heavy atom. The van der Waals surface area contributed by atoms with E-state index in [0.717, 1.165) is 22.2 Å². The molecule has 0 atom stereocenters. The van der Waals surface area contributed by atoms with Crippen LogP contribution in [-0.2, 0) is 18.4 Å². The number of methoxy groups -OCH3 is 1. The summed E-state index contributed by atoms with van der Waals surface area (Å²) in [5, 5.41) is 1.15. The van der Waals surface area contributed by atoms with Gasteiger partial charge in [0.1, 0.15) is 10.7 Å². The number of fused-ring (bicyclic) bond motifs is 2. The predicted octanol–water partition coefficient (Wildman–Crippen LogP) is 3.75. The van der Waals surface area contributed by atoms with Crippen LogP contribution in [0.3, 0.4) is 0 Å². The molecule has 0 saturated heterocycles. The van der Waals surface area contributed by atoms with Crippen LogP contribution in [0.15, 0.2) is 48.7 Å². The minimum Gasteiger partial charge on any atom is -0.380 e. The number of amides is 2. The summed E-state index contributed by atoms with van der Waals surface area (Å²) in [4.78, 5) is 25.6. The van der Waals surface area contributed by atoms with Crippen LogP contribution in [0.2, 0.25) is 0 Å². The molecule has 0 radical (unpaired) electrons. The fraction of sp³-hybridized carbons (Fsp3) is 0.143. The third-order valence-corrected chi connectivity index (χ3v) is 5.89. The van der Waals surface area contributed by atoms with Crippen molar-refractivity contribution < 1.29 is 18.7 Å². The van der Waals surface area contributed by atoms with Gasteiger partial charge in [-0.15, -0.1) is 11.3 Å². The zero-order chi connectivity index (χ0) is 20.5. The van der Waals surface area contributed by atoms with Crippen molar-refractivity contribution in [1.82, 2.24) is 15.4 Å². The van der Waals surface area contributed by atoms with E-state index in [2.05, 4.69) is 10.9 Å². The summed E-state index contributed by atoms with van der Waals surface area (Å²) in [7, 11) is 3.33. The number of carbonyl (C=O) groups excluding carboxylic acids is 2. The molecule has 2 N–H and O–H groups in total. The van der Waals surface area contributed by atoms with Gasteiger partial charge in [0.05, 0.1) is 12.2 Å². The van der Waals surface area contributed by atoms with E-state index in [-0.39, 0.29) is 6.61 Å². The van der Waals surface area contributed by atoms with E-state index in [9.17, 15) is 14.0 Å². The third kappa shape index (κ3) is 3.37.